The Morgan fingerprint density at radius 3 is 2.54 bits per heavy atom. The molecule has 0 aliphatic heterocycles. The van der Waals surface area contributed by atoms with Gasteiger partial charge in [-0.05, 0) is 13.8 Å². The Kier molecular flexibility index (Phi) is 4.19. The maximum Gasteiger partial charge on any atom is 0.227 e. The number of nitrogens with one attached hydrogen (secondary N) is 2. The van der Waals surface area contributed by atoms with Crippen molar-refractivity contribution in [1.82, 2.24) is 10.8 Å². The fourth-order valence-electron chi connectivity index (χ4n) is 0.728. The zero-order valence-corrected chi connectivity index (χ0v) is 8.09. The minimum absolute atomic E-state index is 0.100. The number of amides is 1. The molecule has 0 atom stereocenters. The van der Waals surface area contributed by atoms with E-state index in [4.69, 9.17) is 10.9 Å². The summed E-state index contributed by atoms with van der Waals surface area (Å²) in [6.07, 6.45) is 0. The third-order valence-electron chi connectivity index (χ3n) is 1.60. The summed E-state index contributed by atoms with van der Waals surface area (Å²) in [5, 5.41) is 10.8. The molecule has 0 aromatic heterocycles. The largest absolute Gasteiger partial charge is 0.368 e. The van der Waals surface area contributed by atoms with E-state index < -0.39 is 5.41 Å². The molecule has 76 valence electrons. The van der Waals surface area contributed by atoms with Gasteiger partial charge in [-0.25, -0.2) is 5.48 Å². The Labute approximate surface area is 77.2 Å². The number of nitrogens with two attached hydrogens (primary N) is 1. The quantitative estimate of drug-likeness (QED) is 0.261. The van der Waals surface area contributed by atoms with E-state index in [1.54, 1.807) is 26.4 Å². The second-order valence-corrected chi connectivity index (χ2v) is 3.28. The summed E-state index contributed by atoms with van der Waals surface area (Å²) in [5.41, 5.74) is 6.24. The van der Waals surface area contributed by atoms with Crippen LogP contribution in [0.15, 0.2) is 4.99 Å². The van der Waals surface area contributed by atoms with Crippen LogP contribution in [0.1, 0.15) is 13.8 Å². The zero-order valence-electron chi connectivity index (χ0n) is 8.09. The maximum absolute atomic E-state index is 11.2. The summed E-state index contributed by atoms with van der Waals surface area (Å²) in [5.74, 6) is -0.223. The SMILES string of the molecule is CNC(=O)C(C)(C)CN=C(N)NO. The Morgan fingerprint density at radius 2 is 2.15 bits per heavy atom. The second-order valence-electron chi connectivity index (χ2n) is 3.28. The second kappa shape index (κ2) is 4.66. The number of hydrogen-bond donors (Lipinski definition) is 4. The van der Waals surface area contributed by atoms with Crippen molar-refractivity contribution >= 4 is 11.9 Å². The molecule has 0 radical (unpaired) electrons. The normalized spacial score (nSPS) is 12.5. The highest BCUT2D eigenvalue weighted by Gasteiger charge is 2.26. The summed E-state index contributed by atoms with van der Waals surface area (Å²) in [6, 6.07) is 0. The van der Waals surface area contributed by atoms with Crippen molar-refractivity contribution in [2.75, 3.05) is 13.6 Å². The molecule has 6 heteroatoms. The van der Waals surface area contributed by atoms with E-state index in [2.05, 4.69) is 10.3 Å². The smallest absolute Gasteiger partial charge is 0.227 e. The van der Waals surface area contributed by atoms with Crippen LogP contribution in [0.2, 0.25) is 0 Å². The van der Waals surface area contributed by atoms with Crippen molar-refractivity contribution in [2.24, 2.45) is 16.1 Å². The van der Waals surface area contributed by atoms with Crippen LogP contribution in [-0.2, 0) is 4.79 Å². The molecule has 5 N–H and O–H groups in total. The summed E-state index contributed by atoms with van der Waals surface area (Å²) in [6.45, 7) is 3.69. The lowest BCUT2D eigenvalue weighted by Gasteiger charge is -2.19. The summed E-state index contributed by atoms with van der Waals surface area (Å²) >= 11 is 0. The third kappa shape index (κ3) is 3.75. The van der Waals surface area contributed by atoms with Crippen LogP contribution in [0, 0.1) is 5.41 Å². The van der Waals surface area contributed by atoms with Crippen molar-refractivity contribution in [3.8, 4) is 0 Å². The molecule has 0 aliphatic rings. The average Bonchev–Trinajstić information content (AvgIpc) is 2.12. The van der Waals surface area contributed by atoms with Gasteiger partial charge in [0.05, 0.1) is 12.0 Å². The molecule has 0 rings (SSSR count). The van der Waals surface area contributed by atoms with Gasteiger partial charge < -0.3 is 11.1 Å². The summed E-state index contributed by atoms with van der Waals surface area (Å²) in [4.78, 5) is 15.0. The lowest BCUT2D eigenvalue weighted by molar-refractivity contribution is -0.128. The average molecular weight is 188 g/mol. The van der Waals surface area contributed by atoms with E-state index in [1.165, 1.54) is 0 Å². The molecule has 0 saturated heterocycles. The van der Waals surface area contributed by atoms with Gasteiger partial charge in [0.1, 0.15) is 0 Å². The van der Waals surface area contributed by atoms with Crippen LogP contribution in [0.5, 0.6) is 0 Å². The first kappa shape index (κ1) is 11.7. The Balaban J connectivity index is 4.26. The monoisotopic (exact) mass is 188 g/mol. The fraction of sp³-hybridized carbons (Fsp3) is 0.714. The van der Waals surface area contributed by atoms with Crippen molar-refractivity contribution in [2.45, 2.75) is 13.8 Å². The van der Waals surface area contributed by atoms with Gasteiger partial charge in [-0.15, -0.1) is 0 Å². The van der Waals surface area contributed by atoms with Gasteiger partial charge >= 0.3 is 0 Å². The lowest BCUT2D eigenvalue weighted by Crippen LogP contribution is -2.38. The van der Waals surface area contributed by atoms with Gasteiger partial charge in [0.15, 0.2) is 0 Å². The van der Waals surface area contributed by atoms with Crippen molar-refractivity contribution in [3.05, 3.63) is 0 Å². The molecular weight excluding hydrogens is 172 g/mol. The number of aliphatic imine (C=N–C) groups is 1. The Hall–Kier alpha value is -1.30. The van der Waals surface area contributed by atoms with Crippen molar-refractivity contribution in [3.63, 3.8) is 0 Å². The van der Waals surface area contributed by atoms with E-state index in [-0.39, 0.29) is 18.4 Å². The van der Waals surface area contributed by atoms with E-state index in [0.717, 1.165) is 0 Å². The molecular formula is C7H16N4O2. The van der Waals surface area contributed by atoms with Crippen LogP contribution in [0.3, 0.4) is 0 Å². The molecule has 0 saturated carbocycles. The number of nitrogens with zero attached hydrogens (tertiary/aromatic N) is 1. The van der Waals surface area contributed by atoms with Crippen LogP contribution in [0.25, 0.3) is 0 Å². The van der Waals surface area contributed by atoms with Crippen LogP contribution in [-0.4, -0.2) is 30.7 Å². The highest BCUT2D eigenvalue weighted by molar-refractivity contribution is 5.82. The number of hydrogen-bond acceptors (Lipinski definition) is 3. The minimum atomic E-state index is -0.629. The Morgan fingerprint density at radius 1 is 1.62 bits per heavy atom. The van der Waals surface area contributed by atoms with Crippen LogP contribution >= 0.6 is 0 Å². The molecule has 0 fully saturated rings. The number of hydroxylamine groups is 1. The van der Waals surface area contributed by atoms with Crippen molar-refractivity contribution < 1.29 is 10.0 Å². The molecule has 6 nitrogen and oxygen atoms in total. The van der Waals surface area contributed by atoms with E-state index in [1.807, 2.05) is 0 Å². The summed E-state index contributed by atoms with van der Waals surface area (Å²) < 4.78 is 0. The molecule has 0 bridgehead atoms. The number of carbonyl (C=O) groups is 1. The zero-order chi connectivity index (χ0) is 10.5. The molecule has 0 spiro atoms. The van der Waals surface area contributed by atoms with Gasteiger partial charge in [-0.2, -0.15) is 0 Å². The first-order valence-electron chi connectivity index (χ1n) is 3.86. The minimum Gasteiger partial charge on any atom is -0.368 e. The van der Waals surface area contributed by atoms with Gasteiger partial charge in [-0.1, -0.05) is 0 Å². The number of rotatable bonds is 3. The lowest BCUT2D eigenvalue weighted by atomic mass is 9.93. The Bertz CT molecular complexity index is 213. The highest BCUT2D eigenvalue weighted by Crippen LogP contribution is 2.14. The number of carbonyl (C=O) groups excluding carboxylic acids is 1. The summed E-state index contributed by atoms with van der Waals surface area (Å²) in [7, 11) is 1.56. The van der Waals surface area contributed by atoms with Gasteiger partial charge in [-0.3, -0.25) is 15.0 Å². The van der Waals surface area contributed by atoms with Gasteiger partial charge in [0, 0.05) is 7.05 Å². The molecule has 0 aliphatic carbocycles. The highest BCUT2D eigenvalue weighted by atomic mass is 16.5. The molecule has 0 unspecified atom stereocenters. The molecule has 0 aromatic carbocycles. The number of guanidine groups is 1. The standard InChI is InChI=1S/C7H16N4O2/c1-7(2,5(12)9-3)4-10-6(8)11-13/h13H,4H2,1-3H3,(H,9,12)(H3,8,10,11). The van der Waals surface area contributed by atoms with Crippen LogP contribution < -0.4 is 16.5 Å². The van der Waals surface area contributed by atoms with E-state index in [9.17, 15) is 4.79 Å². The predicted molar refractivity (Wildman–Crippen MR) is 49.3 cm³/mol. The molecule has 13 heavy (non-hydrogen) atoms. The van der Waals surface area contributed by atoms with E-state index in [0.29, 0.717) is 0 Å². The molecule has 0 heterocycles. The predicted octanol–water partition coefficient (Wildman–Crippen LogP) is -0.948. The third-order valence-corrected chi connectivity index (χ3v) is 1.60. The van der Waals surface area contributed by atoms with Gasteiger partial charge in [0.2, 0.25) is 11.9 Å². The molecule has 0 aromatic rings. The first-order valence-corrected chi connectivity index (χ1v) is 3.86. The van der Waals surface area contributed by atoms with Gasteiger partial charge in [0.25, 0.3) is 0 Å². The van der Waals surface area contributed by atoms with Crippen molar-refractivity contribution in [1.29, 1.82) is 0 Å². The maximum atomic E-state index is 11.2. The first-order chi connectivity index (χ1) is 5.94. The van der Waals surface area contributed by atoms with Crippen LogP contribution in [0.4, 0.5) is 0 Å². The fourth-order valence-corrected chi connectivity index (χ4v) is 0.728. The topological polar surface area (TPSA) is 99.7 Å². The van der Waals surface area contributed by atoms with E-state index >= 15 is 0 Å². The molecule has 1 amide bonds.